The molecule has 1 saturated heterocycles. The van der Waals surface area contributed by atoms with Crippen molar-refractivity contribution in [1.29, 1.82) is 0 Å². The Labute approximate surface area is 215 Å². The molecule has 2 aromatic carbocycles. The second-order valence-corrected chi connectivity index (χ2v) is 11.9. The molecule has 0 saturated carbocycles. The van der Waals surface area contributed by atoms with Gasteiger partial charge in [0.05, 0.1) is 13.7 Å². The molecule has 1 aliphatic heterocycles. The van der Waals surface area contributed by atoms with E-state index in [1.807, 2.05) is 19.0 Å². The van der Waals surface area contributed by atoms with E-state index in [1.165, 1.54) is 20.2 Å². The molecule has 1 aromatic heterocycles. The van der Waals surface area contributed by atoms with Crippen molar-refractivity contribution in [1.82, 2.24) is 9.88 Å². The van der Waals surface area contributed by atoms with Crippen LogP contribution in [-0.4, -0.2) is 59.1 Å². The van der Waals surface area contributed by atoms with E-state index in [1.54, 1.807) is 29.6 Å². The van der Waals surface area contributed by atoms with Crippen molar-refractivity contribution in [2.75, 3.05) is 50.0 Å². The summed E-state index contributed by atoms with van der Waals surface area (Å²) in [6, 6.07) is 7.95. The summed E-state index contributed by atoms with van der Waals surface area (Å²) in [5, 5.41) is 1.74. The summed E-state index contributed by atoms with van der Waals surface area (Å²) in [4.78, 5) is 7.18. The molecule has 4 rings (SSSR count). The predicted molar refractivity (Wildman–Crippen MR) is 138 cm³/mol. The second-order valence-electron chi connectivity index (χ2n) is 9.18. The van der Waals surface area contributed by atoms with E-state index >= 15 is 8.78 Å². The summed E-state index contributed by atoms with van der Waals surface area (Å²) in [7, 11) is 0.903. The van der Waals surface area contributed by atoms with E-state index in [2.05, 4.69) is 9.88 Å². The minimum atomic E-state index is -4.61. The van der Waals surface area contributed by atoms with Crippen molar-refractivity contribution in [2.45, 2.75) is 24.8 Å². The maximum atomic E-state index is 15.7. The fourth-order valence-corrected chi connectivity index (χ4v) is 7.01. The third kappa shape index (κ3) is 5.33. The molecule has 36 heavy (non-hydrogen) atoms. The van der Waals surface area contributed by atoms with Crippen LogP contribution >= 0.6 is 11.3 Å². The molecule has 0 bridgehead atoms. The largest absolute Gasteiger partial charge is 0.497 e. The molecule has 2 heterocycles. The number of methoxy groups -OCH3 is 1. The van der Waals surface area contributed by atoms with Gasteiger partial charge < -0.3 is 14.5 Å². The Hall–Kier alpha value is -2.76. The molecule has 0 amide bonds. The number of nitrogens with zero attached hydrogens (tertiary/aromatic N) is 4. The van der Waals surface area contributed by atoms with Crippen molar-refractivity contribution in [3.63, 3.8) is 0 Å². The molecule has 1 fully saturated rings. The van der Waals surface area contributed by atoms with Gasteiger partial charge in [0.1, 0.15) is 11.6 Å². The molecule has 1 aliphatic rings. The molecule has 0 N–H and O–H groups in total. The molecule has 3 aromatic rings. The minimum absolute atomic E-state index is 0.115. The predicted octanol–water partition coefficient (Wildman–Crippen LogP) is 4.52. The van der Waals surface area contributed by atoms with Gasteiger partial charge in [-0.15, -0.1) is 11.3 Å². The fraction of sp³-hybridized carbons (Fsp3) is 0.400. The second kappa shape index (κ2) is 10.7. The molecule has 11 heteroatoms. The van der Waals surface area contributed by atoms with Gasteiger partial charge in [0, 0.05) is 42.5 Å². The zero-order valence-electron chi connectivity index (χ0n) is 20.7. The summed E-state index contributed by atoms with van der Waals surface area (Å²) in [5.74, 6) is -1.20. The molecule has 194 valence electrons. The first-order valence-corrected chi connectivity index (χ1v) is 13.9. The van der Waals surface area contributed by atoms with Gasteiger partial charge in [-0.2, -0.15) is 0 Å². The molecule has 1 atom stereocenters. The Morgan fingerprint density at radius 3 is 2.56 bits per heavy atom. The molecule has 0 spiro atoms. The molecule has 0 unspecified atom stereocenters. The number of halogens is 2. The van der Waals surface area contributed by atoms with Crippen LogP contribution in [0.3, 0.4) is 0 Å². The number of aromatic nitrogens is 1. The van der Waals surface area contributed by atoms with Crippen LogP contribution in [0.25, 0.3) is 0 Å². The molecular weight excluding hydrogens is 506 g/mol. The van der Waals surface area contributed by atoms with Crippen molar-refractivity contribution < 1.29 is 21.9 Å². The van der Waals surface area contributed by atoms with Crippen LogP contribution in [-0.2, 0) is 16.6 Å². The van der Waals surface area contributed by atoms with Gasteiger partial charge >= 0.3 is 0 Å². The monoisotopic (exact) mass is 536 g/mol. The first kappa shape index (κ1) is 26.3. The lowest BCUT2D eigenvalue weighted by Gasteiger charge is -2.26. The summed E-state index contributed by atoms with van der Waals surface area (Å²) < 4.78 is 64.7. The van der Waals surface area contributed by atoms with Crippen LogP contribution in [0.2, 0.25) is 0 Å². The molecule has 0 radical (unpaired) electrons. The average molecular weight is 537 g/mol. The van der Waals surface area contributed by atoms with Crippen LogP contribution in [0, 0.1) is 24.5 Å². The Morgan fingerprint density at radius 2 is 1.94 bits per heavy atom. The minimum Gasteiger partial charge on any atom is -0.497 e. The standard InChI is InChI=1S/C25H30F2N4O3S2/c1-17-22(30-11-9-19(15-30)14-29(2)3)13-21(26)24(23(17)27)36(32,33)31(25-28-10-12-35-25)16-18-5-7-20(34-4)8-6-18/h5-8,10,12-13,19H,9,11,14-16H2,1-4H3/t19-/m0/s1. The molecule has 0 aliphatic carbocycles. The van der Waals surface area contributed by atoms with Crippen LogP contribution in [0.15, 0.2) is 46.8 Å². The highest BCUT2D eigenvalue weighted by Crippen LogP contribution is 2.36. The van der Waals surface area contributed by atoms with Crippen molar-refractivity contribution >= 4 is 32.2 Å². The molecule has 7 nitrogen and oxygen atoms in total. The zero-order valence-corrected chi connectivity index (χ0v) is 22.4. The third-order valence-corrected chi connectivity index (χ3v) is 8.99. The lowest BCUT2D eigenvalue weighted by Crippen LogP contribution is -2.32. The Balaban J connectivity index is 1.70. The number of hydrogen-bond donors (Lipinski definition) is 0. The van der Waals surface area contributed by atoms with Gasteiger partial charge in [-0.1, -0.05) is 12.1 Å². The van der Waals surface area contributed by atoms with Crippen LogP contribution in [0.1, 0.15) is 17.5 Å². The van der Waals surface area contributed by atoms with E-state index in [9.17, 15) is 8.42 Å². The number of rotatable bonds is 9. The quantitative estimate of drug-likeness (QED) is 0.401. The number of sulfonamides is 1. The van der Waals surface area contributed by atoms with Crippen LogP contribution < -0.4 is 13.9 Å². The average Bonchev–Trinajstić information content (AvgIpc) is 3.52. The van der Waals surface area contributed by atoms with Gasteiger partial charge in [-0.05, 0) is 57.1 Å². The Kier molecular flexibility index (Phi) is 7.82. The van der Waals surface area contributed by atoms with Gasteiger partial charge in [-0.25, -0.2) is 26.5 Å². The van der Waals surface area contributed by atoms with Crippen molar-refractivity contribution in [2.24, 2.45) is 5.92 Å². The first-order valence-electron chi connectivity index (χ1n) is 11.5. The normalized spacial score (nSPS) is 16.1. The summed E-state index contributed by atoms with van der Waals surface area (Å²) in [6.07, 6.45) is 2.36. The lowest BCUT2D eigenvalue weighted by atomic mass is 10.1. The van der Waals surface area contributed by atoms with E-state index in [-0.39, 0.29) is 17.2 Å². The molecular formula is C25H30F2N4O3S2. The highest BCUT2D eigenvalue weighted by molar-refractivity contribution is 7.93. The topological polar surface area (TPSA) is 66.0 Å². The Morgan fingerprint density at radius 1 is 1.22 bits per heavy atom. The highest BCUT2D eigenvalue weighted by atomic mass is 32.2. The maximum absolute atomic E-state index is 15.7. The van der Waals surface area contributed by atoms with Crippen LogP contribution in [0.4, 0.5) is 19.6 Å². The van der Waals surface area contributed by atoms with Gasteiger partial charge in [0.15, 0.2) is 15.8 Å². The van der Waals surface area contributed by atoms with Crippen molar-refractivity contribution in [3.05, 3.63) is 64.7 Å². The highest BCUT2D eigenvalue weighted by Gasteiger charge is 2.36. The number of hydrogen-bond acceptors (Lipinski definition) is 7. The van der Waals surface area contributed by atoms with Crippen LogP contribution in [0.5, 0.6) is 5.75 Å². The fourth-order valence-electron chi connectivity index (χ4n) is 4.56. The summed E-state index contributed by atoms with van der Waals surface area (Å²) in [6.45, 7) is 3.55. The maximum Gasteiger partial charge on any atom is 0.272 e. The van der Waals surface area contributed by atoms with E-state index in [0.29, 0.717) is 36.0 Å². The third-order valence-electron chi connectivity index (χ3n) is 6.31. The number of anilines is 2. The lowest BCUT2D eigenvalue weighted by molar-refractivity contribution is 0.340. The van der Waals surface area contributed by atoms with E-state index in [4.69, 9.17) is 4.74 Å². The van der Waals surface area contributed by atoms with Gasteiger partial charge in [0.2, 0.25) is 0 Å². The van der Waals surface area contributed by atoms with Crippen molar-refractivity contribution in [3.8, 4) is 5.75 Å². The number of benzene rings is 2. The van der Waals surface area contributed by atoms with Gasteiger partial charge in [0.25, 0.3) is 10.0 Å². The van der Waals surface area contributed by atoms with E-state index in [0.717, 1.165) is 34.7 Å². The Bertz CT molecular complexity index is 1300. The zero-order chi connectivity index (χ0) is 26.0. The summed E-state index contributed by atoms with van der Waals surface area (Å²) >= 11 is 1.08. The first-order chi connectivity index (χ1) is 17.1. The number of ether oxygens (including phenoxy) is 1. The summed E-state index contributed by atoms with van der Waals surface area (Å²) in [5.41, 5.74) is 1.12. The van der Waals surface area contributed by atoms with Gasteiger partial charge in [-0.3, -0.25) is 0 Å². The smallest absolute Gasteiger partial charge is 0.272 e. The number of thiazole rings is 1. The van der Waals surface area contributed by atoms with E-state index < -0.39 is 26.6 Å². The SMILES string of the molecule is COc1ccc(CN(c2nccs2)S(=O)(=O)c2c(F)cc(N3CC[C@@H](CN(C)C)C3)c(C)c2F)cc1.